The van der Waals surface area contributed by atoms with E-state index >= 15 is 0 Å². The molecule has 1 N–H and O–H groups in total. The minimum absolute atomic E-state index is 0.0533. The third-order valence-corrected chi connectivity index (χ3v) is 10.7. The summed E-state index contributed by atoms with van der Waals surface area (Å²) in [6.45, 7) is 5.47. The van der Waals surface area contributed by atoms with Crippen LogP contribution in [0.3, 0.4) is 0 Å². The highest BCUT2D eigenvalue weighted by molar-refractivity contribution is 7.10. The van der Waals surface area contributed by atoms with E-state index in [0.717, 1.165) is 25.0 Å². The quantitative estimate of drug-likeness (QED) is 0.208. The van der Waals surface area contributed by atoms with E-state index in [2.05, 4.69) is 0 Å². The maximum Gasteiger partial charge on any atom is 0.410 e. The summed E-state index contributed by atoms with van der Waals surface area (Å²) < 4.78 is 39.0. The van der Waals surface area contributed by atoms with Gasteiger partial charge in [-0.3, -0.25) is 9.69 Å². The normalized spacial score (nSPS) is 18.9. The summed E-state index contributed by atoms with van der Waals surface area (Å²) in [4.78, 5) is 50.3. The molecule has 3 aliphatic rings. The number of rotatable bonds is 10. The van der Waals surface area contributed by atoms with Crippen LogP contribution in [0.5, 0.6) is 5.75 Å². The Morgan fingerprint density at radius 1 is 1.08 bits per heavy atom. The zero-order valence-electron chi connectivity index (χ0n) is 28.3. The number of aryl methyl sites for hydroxylation is 1. The summed E-state index contributed by atoms with van der Waals surface area (Å²) in [5.74, 6) is -2.35. The number of halogens is 4. The van der Waals surface area contributed by atoms with Gasteiger partial charge < -0.3 is 24.4 Å². The fourth-order valence-electron chi connectivity index (χ4n) is 6.52. The number of benzene rings is 2. The third-order valence-electron chi connectivity index (χ3n) is 8.93. The third kappa shape index (κ3) is 8.26. The van der Waals surface area contributed by atoms with Crippen LogP contribution in [-0.4, -0.2) is 86.3 Å². The maximum atomic E-state index is 14.9. The Bertz CT molecular complexity index is 1840. The van der Waals surface area contributed by atoms with Gasteiger partial charge in [0.15, 0.2) is 17.4 Å². The van der Waals surface area contributed by atoms with Crippen molar-refractivity contribution >= 4 is 58.2 Å². The lowest BCUT2D eigenvalue weighted by molar-refractivity contribution is -0.129. The lowest BCUT2D eigenvalue weighted by Crippen LogP contribution is -2.65. The second-order valence-electron chi connectivity index (χ2n) is 13.9. The van der Waals surface area contributed by atoms with E-state index < -0.39 is 47.3 Å². The number of carbonyl (C=O) groups excluding carboxylic acids is 2. The van der Waals surface area contributed by atoms with Gasteiger partial charge in [0.25, 0.3) is 5.91 Å². The molecule has 51 heavy (non-hydrogen) atoms. The number of carbonyl (C=O) groups is 3. The molecule has 0 spiro atoms. The molecule has 3 amide bonds. The average molecular weight is 764 g/mol. The summed E-state index contributed by atoms with van der Waals surface area (Å²) in [5.41, 5.74) is 1.45. The zero-order valence-corrected chi connectivity index (χ0v) is 30.7. The van der Waals surface area contributed by atoms with Gasteiger partial charge >= 0.3 is 12.2 Å². The van der Waals surface area contributed by atoms with Crippen LogP contribution in [0, 0.1) is 11.6 Å². The number of hydrogen-bond acceptors (Lipinski definition) is 7. The summed E-state index contributed by atoms with van der Waals surface area (Å²) >= 11 is 14.2. The Morgan fingerprint density at radius 2 is 1.78 bits per heavy atom. The molecule has 1 unspecified atom stereocenters. The Kier molecular flexibility index (Phi) is 10.8. The number of amides is 3. The molecule has 2 atom stereocenters. The molecule has 1 aromatic heterocycles. The Labute approximate surface area is 308 Å². The van der Waals surface area contributed by atoms with Crippen molar-refractivity contribution in [1.29, 1.82) is 0 Å². The second-order valence-corrected chi connectivity index (χ2v) is 15.5. The smallest absolute Gasteiger partial charge is 0.410 e. The lowest BCUT2D eigenvalue weighted by atomic mass is 9.84. The highest BCUT2D eigenvalue weighted by Gasteiger charge is 2.50. The maximum absolute atomic E-state index is 14.9. The van der Waals surface area contributed by atoms with Crippen LogP contribution in [0.2, 0.25) is 10.0 Å². The van der Waals surface area contributed by atoms with Gasteiger partial charge in [-0.25, -0.2) is 23.4 Å². The van der Waals surface area contributed by atoms with Crippen molar-refractivity contribution in [3.63, 3.8) is 0 Å². The van der Waals surface area contributed by atoms with Gasteiger partial charge in [0.05, 0.1) is 34.4 Å². The van der Waals surface area contributed by atoms with Gasteiger partial charge in [0.1, 0.15) is 10.6 Å². The van der Waals surface area contributed by atoms with Crippen LogP contribution in [-0.2, 0) is 22.5 Å². The van der Waals surface area contributed by atoms with E-state index in [4.69, 9.17) is 37.7 Å². The Balaban J connectivity index is 1.33. The lowest BCUT2D eigenvalue weighted by Gasteiger charge is -2.49. The van der Waals surface area contributed by atoms with Crippen LogP contribution in [0.1, 0.15) is 62.7 Å². The van der Waals surface area contributed by atoms with E-state index in [1.807, 2.05) is 5.38 Å². The molecule has 2 aliphatic heterocycles. The monoisotopic (exact) mass is 762 g/mol. The first-order chi connectivity index (χ1) is 24.2. The zero-order chi connectivity index (χ0) is 36.6. The predicted molar refractivity (Wildman–Crippen MR) is 189 cm³/mol. The summed E-state index contributed by atoms with van der Waals surface area (Å²) in [6.07, 6.45) is 0.754. The van der Waals surface area contributed by atoms with Gasteiger partial charge in [-0.2, -0.15) is 0 Å². The number of fused-ring (bicyclic) bond motifs is 2. The molecule has 15 heteroatoms. The van der Waals surface area contributed by atoms with Crippen molar-refractivity contribution in [3.05, 3.63) is 85.3 Å². The molecule has 2 bridgehead atoms. The first-order valence-corrected chi connectivity index (χ1v) is 18.3. The summed E-state index contributed by atoms with van der Waals surface area (Å²) in [5, 5.41) is 13.6. The highest BCUT2D eigenvalue weighted by atomic mass is 35.5. The van der Waals surface area contributed by atoms with Crippen LogP contribution < -0.4 is 4.74 Å². The van der Waals surface area contributed by atoms with Crippen molar-refractivity contribution in [2.45, 2.75) is 83.1 Å². The Morgan fingerprint density at radius 3 is 2.45 bits per heavy atom. The second kappa shape index (κ2) is 15.0. The number of thiazole rings is 1. The molecule has 2 fully saturated rings. The molecule has 2 aromatic carbocycles. The molecular formula is C36H38Cl2F2N4O6S. The number of carboxylic acid groups (broad SMARTS) is 1. The van der Waals surface area contributed by atoms with E-state index in [1.165, 1.54) is 27.2 Å². The number of aromatic nitrogens is 1. The molecule has 1 aliphatic carbocycles. The standard InChI is InChI=1S/C36H38Cl2F2N4O6S/c1-36(2,3)50-35(48)42-17-23-15-24(32-41-21(19-51-32)8-6-14-49-31-26(39)10-5-11-27(31)40)29(28(18-42)44(23)34(46)47)33(45)43(22-12-13-22)16-20-7-4-9-25(37)30(20)38/h4-5,7,9-11,19,22-23,28H,6,8,12-18H2,1-3H3,(H,46,47)/t23?,28-/m1/s1. The number of para-hydroxylation sites is 1. The Hall–Kier alpha value is -3.94. The molecule has 1 saturated carbocycles. The largest absolute Gasteiger partial charge is 0.488 e. The topological polar surface area (TPSA) is 113 Å². The SMILES string of the molecule is CC(C)(C)OC(=O)N1CC2CC(c3nc(CCCOc4c(F)cccc4F)cs3)=C(C(=O)N(Cc3cccc(Cl)c3Cl)C3CC3)[C@@H](C1)N2C(=O)O. The van der Waals surface area contributed by atoms with Crippen molar-refractivity contribution in [3.8, 4) is 5.75 Å². The fraction of sp³-hybridized carbons (Fsp3) is 0.444. The van der Waals surface area contributed by atoms with Gasteiger partial charge in [-0.1, -0.05) is 41.4 Å². The first-order valence-electron chi connectivity index (χ1n) is 16.7. The van der Waals surface area contributed by atoms with Crippen LogP contribution >= 0.6 is 34.5 Å². The molecule has 3 heterocycles. The average Bonchev–Trinajstić information content (AvgIpc) is 3.79. The molecular weight excluding hydrogens is 725 g/mol. The molecule has 0 radical (unpaired) electrons. The van der Waals surface area contributed by atoms with Crippen molar-refractivity contribution < 1.29 is 37.7 Å². The van der Waals surface area contributed by atoms with Crippen LogP contribution in [0.25, 0.3) is 5.57 Å². The number of piperazine rings is 1. The van der Waals surface area contributed by atoms with Crippen LogP contribution in [0.15, 0.2) is 47.4 Å². The predicted octanol–water partition coefficient (Wildman–Crippen LogP) is 8.06. The first kappa shape index (κ1) is 36.8. The highest BCUT2D eigenvalue weighted by Crippen LogP contribution is 2.42. The van der Waals surface area contributed by atoms with E-state index in [1.54, 1.807) is 43.9 Å². The van der Waals surface area contributed by atoms with Crippen molar-refractivity contribution in [1.82, 2.24) is 19.7 Å². The fourth-order valence-corrected chi connectivity index (χ4v) is 7.82. The van der Waals surface area contributed by atoms with E-state index in [0.29, 0.717) is 44.7 Å². The summed E-state index contributed by atoms with van der Waals surface area (Å²) in [7, 11) is 0. The van der Waals surface area contributed by atoms with Crippen LogP contribution in [0.4, 0.5) is 18.4 Å². The van der Waals surface area contributed by atoms with Crippen molar-refractivity contribution in [2.75, 3.05) is 19.7 Å². The number of ether oxygens (including phenoxy) is 2. The molecule has 3 aromatic rings. The van der Waals surface area contributed by atoms with E-state index in [-0.39, 0.29) is 50.2 Å². The molecule has 1 saturated heterocycles. The molecule has 272 valence electrons. The van der Waals surface area contributed by atoms with Gasteiger partial charge in [-0.05, 0) is 76.6 Å². The van der Waals surface area contributed by atoms with Gasteiger partial charge in [0.2, 0.25) is 0 Å². The van der Waals surface area contributed by atoms with Crippen molar-refractivity contribution in [2.24, 2.45) is 0 Å². The minimum atomic E-state index is -1.19. The minimum Gasteiger partial charge on any atom is -0.488 e. The molecule has 6 rings (SSSR count). The molecule has 10 nitrogen and oxygen atoms in total. The number of nitrogens with zero attached hydrogens (tertiary/aromatic N) is 4. The number of hydrogen-bond donors (Lipinski definition) is 1. The van der Waals surface area contributed by atoms with Gasteiger partial charge in [0, 0.05) is 42.2 Å². The summed E-state index contributed by atoms with van der Waals surface area (Å²) in [6, 6.07) is 7.02. The van der Waals surface area contributed by atoms with Gasteiger partial charge in [-0.15, -0.1) is 11.3 Å². The van der Waals surface area contributed by atoms with E-state index in [9.17, 15) is 28.3 Å².